The maximum absolute atomic E-state index is 15.0. The van der Waals surface area contributed by atoms with Crippen molar-refractivity contribution < 1.29 is 18.4 Å². The predicted molar refractivity (Wildman–Crippen MR) is 98.8 cm³/mol. The van der Waals surface area contributed by atoms with Gasteiger partial charge in [-0.25, -0.2) is 8.78 Å². The highest BCUT2D eigenvalue weighted by atomic mass is 35.5. The first kappa shape index (κ1) is 19.2. The number of likely N-dealkylation sites (tertiary alicyclic amines) is 1. The van der Waals surface area contributed by atoms with Crippen molar-refractivity contribution in [3.8, 4) is 11.8 Å². The summed E-state index contributed by atoms with van der Waals surface area (Å²) in [6.45, 7) is 3.21. The number of fused-ring (bicyclic) bond motifs is 1. The molecule has 5 nitrogen and oxygen atoms in total. The van der Waals surface area contributed by atoms with Crippen LogP contribution in [0.3, 0.4) is 0 Å². The number of H-pyrrole nitrogens is 1. The molecule has 2 atom stereocenters. The lowest BCUT2D eigenvalue weighted by molar-refractivity contribution is -0.127. The summed E-state index contributed by atoms with van der Waals surface area (Å²) in [5, 5.41) is 0.547. The van der Waals surface area contributed by atoms with E-state index in [1.165, 1.54) is 11.8 Å². The number of aromatic amines is 1. The van der Waals surface area contributed by atoms with Crippen molar-refractivity contribution in [3.63, 3.8) is 0 Å². The fourth-order valence-corrected chi connectivity index (χ4v) is 3.89. The second-order valence-electron chi connectivity index (χ2n) is 6.61. The van der Waals surface area contributed by atoms with Gasteiger partial charge in [-0.2, -0.15) is 0 Å². The Bertz CT molecular complexity index is 1010. The first-order chi connectivity index (χ1) is 12.7. The van der Waals surface area contributed by atoms with Crippen LogP contribution in [0, 0.1) is 24.6 Å². The Kier molecular flexibility index (Phi) is 5.11. The van der Waals surface area contributed by atoms with Crippen molar-refractivity contribution in [3.05, 3.63) is 33.7 Å². The summed E-state index contributed by atoms with van der Waals surface area (Å²) < 4.78 is 29.3. The lowest BCUT2D eigenvalue weighted by Gasteiger charge is -2.34. The lowest BCUT2D eigenvalue weighted by atomic mass is 9.86. The predicted octanol–water partition coefficient (Wildman–Crippen LogP) is 3.05. The van der Waals surface area contributed by atoms with Gasteiger partial charge in [-0.15, -0.1) is 0 Å². The van der Waals surface area contributed by atoms with Crippen LogP contribution in [0.2, 0.25) is 5.02 Å². The minimum absolute atomic E-state index is 0.0290. The van der Waals surface area contributed by atoms with Gasteiger partial charge >= 0.3 is 0 Å². The number of halogens is 3. The third kappa shape index (κ3) is 3.37. The summed E-state index contributed by atoms with van der Waals surface area (Å²) in [5.41, 5.74) is 6.36. The van der Waals surface area contributed by atoms with Crippen LogP contribution in [-0.4, -0.2) is 41.0 Å². The zero-order chi connectivity index (χ0) is 19.9. The van der Waals surface area contributed by atoms with Gasteiger partial charge in [-0.1, -0.05) is 17.5 Å². The zero-order valence-electron chi connectivity index (χ0n) is 14.8. The summed E-state index contributed by atoms with van der Waals surface area (Å²) in [7, 11) is 0. The quantitative estimate of drug-likeness (QED) is 0.769. The second kappa shape index (κ2) is 7.20. The van der Waals surface area contributed by atoms with Crippen LogP contribution >= 0.6 is 11.6 Å². The number of aromatic nitrogens is 1. The van der Waals surface area contributed by atoms with E-state index in [1.54, 1.807) is 6.92 Å². The molecule has 8 heteroatoms. The van der Waals surface area contributed by atoms with Crippen LogP contribution in [0.25, 0.3) is 10.9 Å². The van der Waals surface area contributed by atoms with Crippen molar-refractivity contribution in [1.29, 1.82) is 0 Å². The van der Waals surface area contributed by atoms with Gasteiger partial charge in [0.05, 0.1) is 22.6 Å². The highest BCUT2D eigenvalue weighted by molar-refractivity contribution is 6.37. The molecule has 1 aromatic heterocycles. The van der Waals surface area contributed by atoms with Gasteiger partial charge in [-0.3, -0.25) is 9.59 Å². The minimum Gasteiger partial charge on any atom is -0.366 e. The standard InChI is InChI=1S/C19H18ClF2N3O2/c1-3-4-14(26)25-7-10(5-11(21)8-25)15-13(22)6-12(19(23)27)18-16(15)17(20)9(2)24-18/h6,10-11,24H,5,7-8H2,1-2H3,(H2,23,27). The van der Waals surface area contributed by atoms with Gasteiger partial charge in [0, 0.05) is 29.1 Å². The largest absolute Gasteiger partial charge is 0.366 e. The molecule has 1 aliphatic heterocycles. The molecule has 0 saturated carbocycles. The maximum atomic E-state index is 15.0. The second-order valence-corrected chi connectivity index (χ2v) is 6.99. The fourth-order valence-electron chi connectivity index (χ4n) is 3.64. The highest BCUT2D eigenvalue weighted by Crippen LogP contribution is 2.40. The van der Waals surface area contributed by atoms with Gasteiger partial charge < -0.3 is 15.6 Å². The van der Waals surface area contributed by atoms with Gasteiger partial charge in [0.25, 0.3) is 11.8 Å². The molecule has 2 amide bonds. The molecule has 2 heterocycles. The molecule has 142 valence electrons. The summed E-state index contributed by atoms with van der Waals surface area (Å²) in [6, 6.07) is 1.03. The Morgan fingerprint density at radius 1 is 1.41 bits per heavy atom. The smallest absolute Gasteiger partial charge is 0.298 e. The Morgan fingerprint density at radius 3 is 2.74 bits per heavy atom. The summed E-state index contributed by atoms with van der Waals surface area (Å²) >= 11 is 6.35. The van der Waals surface area contributed by atoms with E-state index in [9.17, 15) is 18.4 Å². The lowest BCUT2D eigenvalue weighted by Crippen LogP contribution is -2.43. The van der Waals surface area contributed by atoms with Gasteiger partial charge in [0.15, 0.2) is 0 Å². The molecule has 3 N–H and O–H groups in total. The molecule has 1 saturated heterocycles. The molecule has 27 heavy (non-hydrogen) atoms. The number of carbonyl (C=O) groups excluding carboxylic acids is 2. The molecule has 1 aliphatic rings. The Morgan fingerprint density at radius 2 is 2.11 bits per heavy atom. The van der Waals surface area contributed by atoms with Crippen LogP contribution < -0.4 is 5.73 Å². The number of carbonyl (C=O) groups is 2. The van der Waals surface area contributed by atoms with Gasteiger partial charge in [0.2, 0.25) is 0 Å². The molecule has 0 radical (unpaired) electrons. The van der Waals surface area contributed by atoms with Crippen molar-refractivity contribution in [2.45, 2.75) is 32.4 Å². The first-order valence-corrected chi connectivity index (χ1v) is 8.78. The van der Waals surface area contributed by atoms with Crippen LogP contribution in [-0.2, 0) is 4.79 Å². The van der Waals surface area contributed by atoms with E-state index in [0.29, 0.717) is 16.6 Å². The van der Waals surface area contributed by atoms with E-state index in [1.807, 2.05) is 0 Å². The van der Waals surface area contributed by atoms with E-state index in [0.717, 1.165) is 6.07 Å². The number of nitrogens with two attached hydrogens (primary N) is 1. The number of primary amides is 1. The van der Waals surface area contributed by atoms with Gasteiger partial charge in [-0.05, 0) is 32.3 Å². The molecule has 0 spiro atoms. The number of hydrogen-bond acceptors (Lipinski definition) is 2. The van der Waals surface area contributed by atoms with E-state index in [-0.39, 0.29) is 35.7 Å². The first-order valence-electron chi connectivity index (χ1n) is 8.40. The van der Waals surface area contributed by atoms with Crippen molar-refractivity contribution in [2.75, 3.05) is 13.1 Å². The maximum Gasteiger partial charge on any atom is 0.298 e. The van der Waals surface area contributed by atoms with Crippen LogP contribution in [0.5, 0.6) is 0 Å². The van der Waals surface area contributed by atoms with Gasteiger partial charge in [0.1, 0.15) is 12.0 Å². The third-order valence-corrected chi connectivity index (χ3v) is 5.24. The SMILES string of the molecule is CC#CC(=O)N1CC(F)CC(c2c(F)cc(C(N)=O)c3[nH]c(C)c(Cl)c23)C1. The highest BCUT2D eigenvalue weighted by Gasteiger charge is 2.34. The van der Waals surface area contributed by atoms with Crippen LogP contribution in [0.15, 0.2) is 6.07 Å². The molecule has 0 bridgehead atoms. The topological polar surface area (TPSA) is 79.2 Å². The molecular formula is C19H18ClF2N3O2. The van der Waals surface area contributed by atoms with Crippen molar-refractivity contribution in [1.82, 2.24) is 9.88 Å². The molecule has 1 fully saturated rings. The minimum atomic E-state index is -1.32. The van der Waals surface area contributed by atoms with E-state index < -0.39 is 29.7 Å². The number of nitrogens with zero attached hydrogens (tertiary/aromatic N) is 1. The van der Waals surface area contributed by atoms with Crippen LogP contribution in [0.1, 0.15) is 40.9 Å². The monoisotopic (exact) mass is 393 g/mol. The summed E-state index contributed by atoms with van der Waals surface area (Å²) in [4.78, 5) is 28.0. The van der Waals surface area contributed by atoms with E-state index in [4.69, 9.17) is 17.3 Å². The molecule has 3 rings (SSSR count). The number of amides is 2. The number of aryl methyl sites for hydroxylation is 1. The number of hydrogen-bond donors (Lipinski definition) is 2. The van der Waals surface area contributed by atoms with E-state index >= 15 is 0 Å². The number of nitrogens with one attached hydrogen (secondary N) is 1. The average Bonchev–Trinajstić information content (AvgIpc) is 2.89. The van der Waals surface area contributed by atoms with E-state index in [2.05, 4.69) is 16.8 Å². The molecular weight excluding hydrogens is 376 g/mol. The molecule has 1 aromatic carbocycles. The average molecular weight is 394 g/mol. The Labute approximate surface area is 159 Å². The Hall–Kier alpha value is -2.59. The summed E-state index contributed by atoms with van der Waals surface area (Å²) in [6.07, 6.45) is -1.29. The van der Waals surface area contributed by atoms with Crippen molar-refractivity contribution in [2.24, 2.45) is 5.73 Å². The fraction of sp³-hybridized carbons (Fsp3) is 0.368. The molecule has 2 unspecified atom stereocenters. The number of benzene rings is 1. The zero-order valence-corrected chi connectivity index (χ0v) is 15.6. The number of rotatable bonds is 2. The molecule has 0 aliphatic carbocycles. The molecule has 2 aromatic rings. The third-order valence-electron chi connectivity index (χ3n) is 4.77. The Balaban J connectivity index is 2.17. The number of piperidine rings is 1. The van der Waals surface area contributed by atoms with Crippen LogP contribution in [0.4, 0.5) is 8.78 Å². The normalized spacial score (nSPS) is 19.7. The van der Waals surface area contributed by atoms with Crippen molar-refractivity contribution >= 4 is 34.3 Å². The summed E-state index contributed by atoms with van der Waals surface area (Å²) in [5.74, 6) is 2.23. The number of alkyl halides is 1.